The predicted molar refractivity (Wildman–Crippen MR) is 110 cm³/mol. The second-order valence-corrected chi connectivity index (χ2v) is 8.15. The lowest BCUT2D eigenvalue weighted by atomic mass is 9.90. The molecule has 0 spiro atoms. The molecule has 2 fully saturated rings. The van der Waals surface area contributed by atoms with E-state index >= 15 is 0 Å². The van der Waals surface area contributed by atoms with Crippen LogP contribution in [0.25, 0.3) is 0 Å². The molecule has 1 heterocycles. The van der Waals surface area contributed by atoms with Gasteiger partial charge in [-0.1, -0.05) is 30.3 Å². The number of hydrogen-bond donors (Lipinski definition) is 0. The summed E-state index contributed by atoms with van der Waals surface area (Å²) >= 11 is 0. The van der Waals surface area contributed by atoms with Crippen molar-refractivity contribution in [1.29, 1.82) is 0 Å². The molecular weight excluding hydrogens is 367 g/mol. The first-order valence-electron chi connectivity index (χ1n) is 10.4. The van der Waals surface area contributed by atoms with Gasteiger partial charge in [0.2, 0.25) is 5.91 Å². The van der Waals surface area contributed by atoms with Crippen LogP contribution < -0.4 is 0 Å². The highest BCUT2D eigenvalue weighted by molar-refractivity contribution is 5.97. The van der Waals surface area contributed by atoms with E-state index in [2.05, 4.69) is 17.0 Å². The number of piperazine rings is 1. The summed E-state index contributed by atoms with van der Waals surface area (Å²) in [5, 5.41) is 0. The third-order valence-corrected chi connectivity index (χ3v) is 6.07. The van der Waals surface area contributed by atoms with Crippen molar-refractivity contribution in [3.8, 4) is 0 Å². The topological polar surface area (TPSA) is 40.6 Å². The fourth-order valence-electron chi connectivity index (χ4n) is 4.16. The molecule has 0 aromatic heterocycles. The molecule has 1 saturated carbocycles. The maximum atomic E-state index is 13.0. The van der Waals surface area contributed by atoms with Crippen molar-refractivity contribution in [3.05, 3.63) is 71.5 Å². The average Bonchev–Trinajstić information content (AvgIpc) is 3.58. The second kappa shape index (κ2) is 8.87. The molecule has 2 aromatic rings. The summed E-state index contributed by atoms with van der Waals surface area (Å²) in [6.45, 7) is 3.00. The van der Waals surface area contributed by atoms with Gasteiger partial charge < -0.3 is 4.90 Å². The van der Waals surface area contributed by atoms with E-state index in [1.807, 2.05) is 23.1 Å². The van der Waals surface area contributed by atoms with Crippen molar-refractivity contribution in [3.63, 3.8) is 0 Å². The van der Waals surface area contributed by atoms with Crippen LogP contribution in [-0.2, 0) is 4.79 Å². The van der Waals surface area contributed by atoms with E-state index < -0.39 is 0 Å². The fraction of sp³-hybridized carbons (Fsp3) is 0.417. The highest BCUT2D eigenvalue weighted by atomic mass is 19.1. The van der Waals surface area contributed by atoms with Crippen LogP contribution in [0.15, 0.2) is 54.6 Å². The molecule has 1 unspecified atom stereocenters. The van der Waals surface area contributed by atoms with E-state index in [1.54, 1.807) is 0 Å². The van der Waals surface area contributed by atoms with Crippen molar-refractivity contribution in [1.82, 2.24) is 9.80 Å². The molecule has 4 nitrogen and oxygen atoms in total. The minimum atomic E-state index is -0.339. The first kappa shape index (κ1) is 19.8. The Morgan fingerprint density at radius 2 is 1.59 bits per heavy atom. The Labute approximate surface area is 171 Å². The van der Waals surface area contributed by atoms with E-state index in [0.717, 1.165) is 0 Å². The van der Waals surface area contributed by atoms with E-state index in [1.165, 1.54) is 42.7 Å². The zero-order chi connectivity index (χ0) is 20.2. The van der Waals surface area contributed by atoms with Crippen LogP contribution >= 0.6 is 0 Å². The van der Waals surface area contributed by atoms with Gasteiger partial charge in [0.05, 0.1) is 6.54 Å². The van der Waals surface area contributed by atoms with Gasteiger partial charge in [-0.3, -0.25) is 14.5 Å². The van der Waals surface area contributed by atoms with Gasteiger partial charge >= 0.3 is 0 Å². The lowest BCUT2D eigenvalue weighted by Crippen LogP contribution is -2.50. The summed E-state index contributed by atoms with van der Waals surface area (Å²) in [5.74, 6) is 0.823. The third kappa shape index (κ3) is 5.10. The van der Waals surface area contributed by atoms with Crippen molar-refractivity contribution in [2.75, 3.05) is 32.7 Å². The highest BCUT2D eigenvalue weighted by Crippen LogP contribution is 2.44. The molecule has 2 aromatic carbocycles. The number of hydrogen-bond acceptors (Lipinski definition) is 3. The Balaban J connectivity index is 1.28. The van der Waals surface area contributed by atoms with Gasteiger partial charge in [-0.25, -0.2) is 4.39 Å². The molecule has 152 valence electrons. The zero-order valence-electron chi connectivity index (χ0n) is 16.6. The molecule has 5 heteroatoms. The van der Waals surface area contributed by atoms with Crippen LogP contribution in [0.1, 0.15) is 41.1 Å². The largest absolute Gasteiger partial charge is 0.340 e. The van der Waals surface area contributed by atoms with E-state index in [0.29, 0.717) is 56.5 Å². The summed E-state index contributed by atoms with van der Waals surface area (Å²) in [6, 6.07) is 16.1. The number of ketones is 1. The minimum Gasteiger partial charge on any atom is -0.340 e. The molecule has 4 rings (SSSR count). The van der Waals surface area contributed by atoms with E-state index in [9.17, 15) is 14.0 Å². The van der Waals surface area contributed by atoms with Gasteiger partial charge in [-0.15, -0.1) is 0 Å². The van der Waals surface area contributed by atoms with Gasteiger partial charge in [0.15, 0.2) is 5.78 Å². The predicted octanol–water partition coefficient (Wildman–Crippen LogP) is 3.74. The maximum absolute atomic E-state index is 13.0. The minimum absolute atomic E-state index is 0.0114. The first-order chi connectivity index (χ1) is 14.1. The summed E-state index contributed by atoms with van der Waals surface area (Å²) in [4.78, 5) is 29.3. The third-order valence-electron chi connectivity index (χ3n) is 6.07. The van der Waals surface area contributed by atoms with E-state index in [4.69, 9.17) is 0 Å². The molecule has 1 amide bonds. The SMILES string of the molecule is O=C(CN1CCN(C(=O)CC(c2ccccc2)C2CC2)CC1)c1ccc(F)cc1. The molecule has 29 heavy (non-hydrogen) atoms. The van der Waals surface area contributed by atoms with Gasteiger partial charge in [0.1, 0.15) is 5.82 Å². The van der Waals surface area contributed by atoms with Crippen LogP contribution in [0.2, 0.25) is 0 Å². The van der Waals surface area contributed by atoms with Crippen molar-refractivity contribution < 1.29 is 14.0 Å². The molecule has 0 N–H and O–H groups in total. The molecule has 0 bridgehead atoms. The first-order valence-corrected chi connectivity index (χ1v) is 10.4. The summed E-state index contributed by atoms with van der Waals surface area (Å²) in [5.41, 5.74) is 1.80. The summed E-state index contributed by atoms with van der Waals surface area (Å²) in [6.07, 6.45) is 3.00. The Morgan fingerprint density at radius 3 is 2.21 bits per heavy atom. The summed E-state index contributed by atoms with van der Waals surface area (Å²) < 4.78 is 13.0. The van der Waals surface area contributed by atoms with E-state index in [-0.39, 0.29) is 17.5 Å². The number of carbonyl (C=O) groups is 2. The number of carbonyl (C=O) groups excluding carboxylic acids is 2. The Morgan fingerprint density at radius 1 is 0.931 bits per heavy atom. The Kier molecular flexibility index (Phi) is 6.05. The van der Waals surface area contributed by atoms with Crippen LogP contribution in [0.4, 0.5) is 4.39 Å². The fourth-order valence-corrected chi connectivity index (χ4v) is 4.16. The molecule has 1 atom stereocenters. The molecular formula is C24H27FN2O2. The standard InChI is InChI=1S/C24H27FN2O2/c25-21-10-8-20(9-11-21)23(28)17-26-12-14-27(15-13-26)24(29)16-22(19-6-7-19)18-4-2-1-3-5-18/h1-5,8-11,19,22H,6-7,12-17H2. The number of rotatable bonds is 7. The normalized spacial score (nSPS) is 18.4. The number of halogens is 1. The molecule has 1 aliphatic carbocycles. The van der Waals surface area contributed by atoms with Gasteiger partial charge in [-0.2, -0.15) is 0 Å². The highest BCUT2D eigenvalue weighted by Gasteiger charge is 2.35. The Bertz CT molecular complexity index is 841. The van der Waals surface area contributed by atoms with Crippen molar-refractivity contribution in [2.45, 2.75) is 25.2 Å². The van der Waals surface area contributed by atoms with Crippen LogP contribution in [0.3, 0.4) is 0 Å². The van der Waals surface area contributed by atoms with Gasteiger partial charge in [-0.05, 0) is 54.5 Å². The maximum Gasteiger partial charge on any atom is 0.223 e. The van der Waals surface area contributed by atoms with Crippen molar-refractivity contribution >= 4 is 11.7 Å². The average molecular weight is 394 g/mol. The van der Waals surface area contributed by atoms with Crippen LogP contribution in [-0.4, -0.2) is 54.2 Å². The van der Waals surface area contributed by atoms with Crippen LogP contribution in [0.5, 0.6) is 0 Å². The lowest BCUT2D eigenvalue weighted by molar-refractivity contribution is -0.133. The molecule has 0 radical (unpaired) electrons. The van der Waals surface area contributed by atoms with Gasteiger partial charge in [0.25, 0.3) is 0 Å². The quantitative estimate of drug-likeness (QED) is 0.672. The number of Topliss-reactive ketones (excluding diaryl/α,β-unsaturated/α-hetero) is 1. The van der Waals surface area contributed by atoms with Crippen LogP contribution in [0, 0.1) is 11.7 Å². The second-order valence-electron chi connectivity index (χ2n) is 8.15. The number of amides is 1. The Hall–Kier alpha value is -2.53. The summed E-state index contributed by atoms with van der Waals surface area (Å²) in [7, 11) is 0. The smallest absolute Gasteiger partial charge is 0.223 e. The number of benzene rings is 2. The zero-order valence-corrected chi connectivity index (χ0v) is 16.6. The molecule has 1 aliphatic heterocycles. The van der Waals surface area contributed by atoms with Gasteiger partial charge in [0, 0.05) is 38.2 Å². The molecule has 2 aliphatic rings. The monoisotopic (exact) mass is 394 g/mol. The lowest BCUT2D eigenvalue weighted by Gasteiger charge is -2.35. The molecule has 1 saturated heterocycles. The number of nitrogens with zero attached hydrogens (tertiary/aromatic N) is 2. The van der Waals surface area contributed by atoms with Crippen molar-refractivity contribution in [2.24, 2.45) is 5.92 Å².